The molecule has 1 aliphatic heterocycles. The summed E-state index contributed by atoms with van der Waals surface area (Å²) in [5, 5.41) is 0. The summed E-state index contributed by atoms with van der Waals surface area (Å²) in [7, 11) is 0. The largest absolute Gasteiger partial charge is 0.308 e. The van der Waals surface area contributed by atoms with Crippen molar-refractivity contribution in [1.82, 2.24) is 9.55 Å². The van der Waals surface area contributed by atoms with Gasteiger partial charge in [0.25, 0.3) is 5.91 Å². The van der Waals surface area contributed by atoms with Crippen molar-refractivity contribution in [3.8, 4) is 0 Å². The number of hydrogen-bond acceptors (Lipinski definition) is 3. The van der Waals surface area contributed by atoms with Gasteiger partial charge in [-0.25, -0.2) is 4.98 Å². The van der Waals surface area contributed by atoms with Crippen molar-refractivity contribution in [2.45, 2.75) is 39.7 Å². The molecule has 124 valence electrons. The molecule has 0 atom stereocenters. The van der Waals surface area contributed by atoms with E-state index in [9.17, 15) is 4.79 Å². The maximum atomic E-state index is 13.1. The summed E-state index contributed by atoms with van der Waals surface area (Å²) in [5.74, 6) is 0.871. The van der Waals surface area contributed by atoms with Gasteiger partial charge in [0, 0.05) is 18.0 Å². The number of rotatable bonds is 4. The number of carbonyl (C=O) groups is 1. The Morgan fingerprint density at radius 2 is 2.08 bits per heavy atom. The van der Waals surface area contributed by atoms with Gasteiger partial charge < -0.3 is 4.57 Å². The molecule has 0 fully saturated rings. The topological polar surface area (TPSA) is 38.1 Å². The molecule has 0 unspecified atom stereocenters. The smallest absolute Gasteiger partial charge is 0.270 e. The number of amides is 1. The Hall–Kier alpha value is -2.14. The minimum Gasteiger partial charge on any atom is -0.308 e. The molecule has 0 saturated carbocycles. The van der Waals surface area contributed by atoms with Crippen molar-refractivity contribution in [3.63, 3.8) is 0 Å². The lowest BCUT2D eigenvalue weighted by molar-refractivity contribution is 0.0992. The summed E-state index contributed by atoms with van der Waals surface area (Å²) in [6, 6.07) is 10.2. The van der Waals surface area contributed by atoms with Crippen LogP contribution in [0.25, 0.3) is 11.0 Å². The molecule has 0 bridgehead atoms. The molecule has 0 aliphatic carbocycles. The molecule has 1 amide bonds. The Bertz CT molecular complexity index is 909. The van der Waals surface area contributed by atoms with Gasteiger partial charge in [0.05, 0.1) is 15.9 Å². The average molecular weight is 339 g/mol. The van der Waals surface area contributed by atoms with Gasteiger partial charge in [-0.2, -0.15) is 0 Å². The standard InChI is InChI=1S/C19H21N3OS/c1-3-7-16-13(4-2)12-17(24-16)18(23)22-11-10-21-15-9-6-5-8-14(15)20-19(21)22/h5-6,8-9,12H,3-4,7,10-11H2,1-2H3. The molecule has 5 heteroatoms. The van der Waals surface area contributed by atoms with Crippen LogP contribution < -0.4 is 4.90 Å². The fourth-order valence-electron chi connectivity index (χ4n) is 3.42. The molecule has 0 spiro atoms. The molecule has 4 rings (SSSR count). The Kier molecular flexibility index (Phi) is 3.88. The second kappa shape index (κ2) is 6.06. The molecule has 0 saturated heterocycles. The number of thiophene rings is 1. The molecule has 3 heterocycles. The molecule has 24 heavy (non-hydrogen) atoms. The summed E-state index contributed by atoms with van der Waals surface area (Å²) in [5.41, 5.74) is 3.38. The van der Waals surface area contributed by atoms with Crippen molar-refractivity contribution in [2.75, 3.05) is 11.4 Å². The Morgan fingerprint density at radius 1 is 1.25 bits per heavy atom. The normalized spacial score (nSPS) is 13.7. The van der Waals surface area contributed by atoms with Gasteiger partial charge in [0.1, 0.15) is 0 Å². The van der Waals surface area contributed by atoms with Crippen LogP contribution in [0.1, 0.15) is 40.4 Å². The number of aryl methyl sites for hydroxylation is 2. The highest BCUT2D eigenvalue weighted by molar-refractivity contribution is 7.14. The summed E-state index contributed by atoms with van der Waals surface area (Å²) in [4.78, 5) is 21.8. The van der Waals surface area contributed by atoms with Crippen molar-refractivity contribution in [3.05, 3.63) is 45.6 Å². The molecule has 0 N–H and O–H groups in total. The van der Waals surface area contributed by atoms with E-state index in [0.29, 0.717) is 6.54 Å². The van der Waals surface area contributed by atoms with E-state index in [0.717, 1.165) is 47.7 Å². The first-order chi connectivity index (χ1) is 11.7. The van der Waals surface area contributed by atoms with E-state index in [1.54, 1.807) is 11.3 Å². The van der Waals surface area contributed by atoms with E-state index in [1.165, 1.54) is 10.4 Å². The van der Waals surface area contributed by atoms with Crippen LogP contribution in [0.5, 0.6) is 0 Å². The third-order valence-electron chi connectivity index (χ3n) is 4.63. The SMILES string of the molecule is CCCc1sc(C(=O)N2CCn3c2nc2ccccc23)cc1CC. The van der Waals surface area contributed by atoms with Crippen LogP contribution in [-0.2, 0) is 19.4 Å². The second-order valence-corrected chi connectivity index (χ2v) is 7.31. The van der Waals surface area contributed by atoms with E-state index in [-0.39, 0.29) is 5.91 Å². The fraction of sp³-hybridized carbons (Fsp3) is 0.368. The first-order valence-corrected chi connectivity index (χ1v) is 9.43. The molecule has 4 nitrogen and oxygen atoms in total. The van der Waals surface area contributed by atoms with Crippen LogP contribution in [0.4, 0.5) is 5.95 Å². The number of hydrogen-bond donors (Lipinski definition) is 0. The maximum absolute atomic E-state index is 13.1. The van der Waals surface area contributed by atoms with Gasteiger partial charge in [-0.05, 0) is 36.6 Å². The van der Waals surface area contributed by atoms with E-state index < -0.39 is 0 Å². The zero-order valence-corrected chi connectivity index (χ0v) is 14.9. The predicted molar refractivity (Wildman–Crippen MR) is 99.1 cm³/mol. The van der Waals surface area contributed by atoms with Crippen LogP contribution in [0.15, 0.2) is 30.3 Å². The van der Waals surface area contributed by atoms with Gasteiger partial charge in [0.2, 0.25) is 5.95 Å². The number of nitrogens with zero attached hydrogens (tertiary/aromatic N) is 3. The number of anilines is 1. The highest BCUT2D eigenvalue weighted by atomic mass is 32.1. The first kappa shape index (κ1) is 15.4. The van der Waals surface area contributed by atoms with Gasteiger partial charge in [-0.3, -0.25) is 9.69 Å². The van der Waals surface area contributed by atoms with Crippen molar-refractivity contribution < 1.29 is 4.79 Å². The number of imidazole rings is 1. The van der Waals surface area contributed by atoms with Crippen LogP contribution in [0.2, 0.25) is 0 Å². The number of para-hydroxylation sites is 2. The summed E-state index contributed by atoms with van der Waals surface area (Å²) in [6.45, 7) is 5.86. The van der Waals surface area contributed by atoms with Crippen LogP contribution in [-0.4, -0.2) is 22.0 Å². The number of benzene rings is 1. The molecule has 0 radical (unpaired) electrons. The summed E-state index contributed by atoms with van der Waals surface area (Å²) >= 11 is 1.66. The molecule has 1 aliphatic rings. The minimum absolute atomic E-state index is 0.0890. The van der Waals surface area contributed by atoms with Crippen LogP contribution in [0, 0.1) is 0 Å². The van der Waals surface area contributed by atoms with E-state index in [1.807, 2.05) is 23.1 Å². The lowest BCUT2D eigenvalue weighted by atomic mass is 10.1. The zero-order valence-electron chi connectivity index (χ0n) is 14.1. The van der Waals surface area contributed by atoms with E-state index >= 15 is 0 Å². The van der Waals surface area contributed by atoms with Crippen LogP contribution >= 0.6 is 11.3 Å². The minimum atomic E-state index is 0.0890. The molecule has 1 aromatic carbocycles. The summed E-state index contributed by atoms with van der Waals surface area (Å²) < 4.78 is 2.15. The lowest BCUT2D eigenvalue weighted by Gasteiger charge is -2.12. The van der Waals surface area contributed by atoms with Crippen molar-refractivity contribution in [2.24, 2.45) is 0 Å². The monoisotopic (exact) mass is 339 g/mol. The van der Waals surface area contributed by atoms with Crippen molar-refractivity contribution in [1.29, 1.82) is 0 Å². The second-order valence-electron chi connectivity index (χ2n) is 6.17. The number of aromatic nitrogens is 2. The van der Waals surface area contributed by atoms with Crippen LogP contribution in [0.3, 0.4) is 0 Å². The third kappa shape index (κ3) is 2.35. The Labute approximate surface area is 145 Å². The highest BCUT2D eigenvalue weighted by Gasteiger charge is 2.30. The van der Waals surface area contributed by atoms with Gasteiger partial charge in [-0.15, -0.1) is 11.3 Å². The number of fused-ring (bicyclic) bond motifs is 3. The summed E-state index contributed by atoms with van der Waals surface area (Å²) in [6.07, 6.45) is 3.15. The Morgan fingerprint density at radius 3 is 2.88 bits per heavy atom. The van der Waals surface area contributed by atoms with Gasteiger partial charge >= 0.3 is 0 Å². The first-order valence-electron chi connectivity index (χ1n) is 8.61. The van der Waals surface area contributed by atoms with Gasteiger partial charge in [-0.1, -0.05) is 32.4 Å². The van der Waals surface area contributed by atoms with E-state index in [2.05, 4.69) is 35.5 Å². The molecular formula is C19H21N3OS. The van der Waals surface area contributed by atoms with Gasteiger partial charge in [0.15, 0.2) is 0 Å². The lowest BCUT2D eigenvalue weighted by Crippen LogP contribution is -2.28. The molecule has 3 aromatic rings. The quantitative estimate of drug-likeness (QED) is 0.712. The number of carbonyl (C=O) groups excluding carboxylic acids is 1. The van der Waals surface area contributed by atoms with E-state index in [4.69, 9.17) is 0 Å². The average Bonchev–Trinajstić information content (AvgIpc) is 3.27. The maximum Gasteiger partial charge on any atom is 0.270 e. The molecule has 2 aromatic heterocycles. The fourth-order valence-corrected chi connectivity index (χ4v) is 4.73. The highest BCUT2D eigenvalue weighted by Crippen LogP contribution is 2.31. The zero-order chi connectivity index (χ0) is 16.7. The van der Waals surface area contributed by atoms with Crippen molar-refractivity contribution >= 4 is 34.2 Å². The molecular weight excluding hydrogens is 318 g/mol. The third-order valence-corrected chi connectivity index (χ3v) is 5.86. The predicted octanol–water partition coefficient (Wildman–Crippen LogP) is 4.27. The Balaban J connectivity index is 1.70.